The standard InChI is InChI=1S/C14H20N2O3S/c1-10-8-11(13(17)18)5-6-16(10)14(19)15(2)9-12-4-3-7-20-12/h3-4,7,10-11H,5-6,8-9H2,1-2H3,(H,17,18). The summed E-state index contributed by atoms with van der Waals surface area (Å²) in [5.74, 6) is -1.08. The molecule has 2 amide bonds. The number of rotatable bonds is 3. The summed E-state index contributed by atoms with van der Waals surface area (Å²) in [4.78, 5) is 28.1. The van der Waals surface area contributed by atoms with E-state index in [2.05, 4.69) is 0 Å². The van der Waals surface area contributed by atoms with Gasteiger partial charge in [-0.2, -0.15) is 0 Å². The first-order chi connectivity index (χ1) is 9.49. The number of piperidine rings is 1. The van der Waals surface area contributed by atoms with Gasteiger partial charge in [0.05, 0.1) is 12.5 Å². The maximum absolute atomic E-state index is 12.4. The molecule has 1 aliphatic rings. The molecular weight excluding hydrogens is 276 g/mol. The van der Waals surface area contributed by atoms with Crippen LogP contribution in [-0.4, -0.2) is 46.5 Å². The molecule has 0 aliphatic carbocycles. The quantitative estimate of drug-likeness (QED) is 0.932. The van der Waals surface area contributed by atoms with Crippen molar-refractivity contribution in [2.75, 3.05) is 13.6 Å². The van der Waals surface area contributed by atoms with Gasteiger partial charge in [-0.15, -0.1) is 11.3 Å². The van der Waals surface area contributed by atoms with Crippen molar-refractivity contribution < 1.29 is 14.7 Å². The zero-order valence-corrected chi connectivity index (χ0v) is 12.6. The predicted octanol–water partition coefficient (Wildman–Crippen LogP) is 2.49. The molecule has 0 aromatic carbocycles. The minimum Gasteiger partial charge on any atom is -0.481 e. The summed E-state index contributed by atoms with van der Waals surface area (Å²) in [5.41, 5.74) is 0. The minimum absolute atomic E-state index is 0.0188. The van der Waals surface area contributed by atoms with Crippen molar-refractivity contribution in [3.05, 3.63) is 22.4 Å². The van der Waals surface area contributed by atoms with Crippen LogP contribution in [0.2, 0.25) is 0 Å². The second-order valence-electron chi connectivity index (χ2n) is 5.32. The molecule has 0 bridgehead atoms. The Hall–Kier alpha value is -1.56. The SMILES string of the molecule is CC1CC(C(=O)O)CCN1C(=O)N(C)Cc1cccs1. The molecule has 2 rings (SSSR count). The van der Waals surface area contributed by atoms with E-state index in [1.54, 1.807) is 28.2 Å². The Morgan fingerprint density at radius 1 is 1.55 bits per heavy atom. The number of carboxylic acids is 1. The van der Waals surface area contributed by atoms with Crippen molar-refractivity contribution >= 4 is 23.3 Å². The summed E-state index contributed by atoms with van der Waals surface area (Å²) in [7, 11) is 1.79. The van der Waals surface area contributed by atoms with E-state index in [0.29, 0.717) is 25.9 Å². The van der Waals surface area contributed by atoms with Crippen LogP contribution in [0.15, 0.2) is 17.5 Å². The van der Waals surface area contributed by atoms with Crippen molar-refractivity contribution in [2.24, 2.45) is 5.92 Å². The van der Waals surface area contributed by atoms with Gasteiger partial charge in [0.25, 0.3) is 0 Å². The van der Waals surface area contributed by atoms with E-state index in [-0.39, 0.29) is 18.0 Å². The molecule has 5 nitrogen and oxygen atoms in total. The molecule has 1 aromatic heterocycles. The van der Waals surface area contributed by atoms with Crippen LogP contribution in [-0.2, 0) is 11.3 Å². The van der Waals surface area contributed by atoms with Crippen molar-refractivity contribution in [2.45, 2.75) is 32.4 Å². The van der Waals surface area contributed by atoms with Gasteiger partial charge in [0.15, 0.2) is 0 Å². The van der Waals surface area contributed by atoms with E-state index in [9.17, 15) is 9.59 Å². The Kier molecular flexibility index (Phi) is 4.65. The lowest BCUT2D eigenvalue weighted by atomic mass is 9.92. The van der Waals surface area contributed by atoms with Gasteiger partial charge in [-0.3, -0.25) is 4.79 Å². The Balaban J connectivity index is 1.94. The Morgan fingerprint density at radius 3 is 2.85 bits per heavy atom. The zero-order valence-electron chi connectivity index (χ0n) is 11.8. The van der Waals surface area contributed by atoms with E-state index < -0.39 is 5.97 Å². The highest BCUT2D eigenvalue weighted by atomic mass is 32.1. The average molecular weight is 296 g/mol. The fraction of sp³-hybridized carbons (Fsp3) is 0.571. The summed E-state index contributed by atoms with van der Waals surface area (Å²) in [6, 6.07) is 3.94. The molecular formula is C14H20N2O3S. The Labute approximate surface area is 122 Å². The predicted molar refractivity (Wildman–Crippen MR) is 77.7 cm³/mol. The maximum Gasteiger partial charge on any atom is 0.320 e. The van der Waals surface area contributed by atoms with Gasteiger partial charge in [-0.1, -0.05) is 6.07 Å². The number of urea groups is 1. The lowest BCUT2D eigenvalue weighted by molar-refractivity contribution is -0.143. The number of aliphatic carboxylic acids is 1. The summed E-state index contributed by atoms with van der Waals surface area (Å²) >= 11 is 1.63. The van der Waals surface area contributed by atoms with Gasteiger partial charge in [0.2, 0.25) is 0 Å². The fourth-order valence-corrected chi connectivity index (χ4v) is 3.36. The first kappa shape index (κ1) is 14.8. The molecule has 110 valence electrons. The number of carboxylic acid groups (broad SMARTS) is 1. The molecule has 2 heterocycles. The second kappa shape index (κ2) is 6.26. The normalized spacial score (nSPS) is 22.6. The largest absolute Gasteiger partial charge is 0.481 e. The summed E-state index contributed by atoms with van der Waals surface area (Å²) < 4.78 is 0. The molecule has 0 radical (unpaired) electrons. The number of carbonyl (C=O) groups excluding carboxylic acids is 1. The number of hydrogen-bond acceptors (Lipinski definition) is 3. The highest BCUT2D eigenvalue weighted by molar-refractivity contribution is 7.09. The third kappa shape index (κ3) is 3.30. The molecule has 6 heteroatoms. The van der Waals surface area contributed by atoms with Crippen LogP contribution in [0.5, 0.6) is 0 Å². The van der Waals surface area contributed by atoms with Crippen LogP contribution in [0, 0.1) is 5.92 Å². The summed E-state index contributed by atoms with van der Waals surface area (Å²) in [5, 5.41) is 11.0. The van der Waals surface area contributed by atoms with Crippen molar-refractivity contribution in [3.63, 3.8) is 0 Å². The maximum atomic E-state index is 12.4. The molecule has 1 fully saturated rings. The van der Waals surface area contributed by atoms with Crippen LogP contribution in [0.25, 0.3) is 0 Å². The number of amides is 2. The highest BCUT2D eigenvalue weighted by Crippen LogP contribution is 2.24. The van der Waals surface area contributed by atoms with Crippen LogP contribution in [0.4, 0.5) is 4.79 Å². The summed E-state index contributed by atoms with van der Waals surface area (Å²) in [6.07, 6.45) is 1.08. The van der Waals surface area contributed by atoms with Crippen molar-refractivity contribution in [3.8, 4) is 0 Å². The molecule has 1 N–H and O–H groups in total. The first-order valence-corrected chi connectivity index (χ1v) is 7.64. The molecule has 20 heavy (non-hydrogen) atoms. The van der Waals surface area contributed by atoms with Crippen LogP contribution in [0.1, 0.15) is 24.6 Å². The fourth-order valence-electron chi connectivity index (χ4n) is 2.60. The smallest absolute Gasteiger partial charge is 0.320 e. The van der Waals surface area contributed by atoms with Gasteiger partial charge in [-0.25, -0.2) is 4.79 Å². The highest BCUT2D eigenvalue weighted by Gasteiger charge is 2.33. The van der Waals surface area contributed by atoms with E-state index in [1.165, 1.54) is 0 Å². The number of nitrogens with zero attached hydrogens (tertiary/aromatic N) is 2. The van der Waals surface area contributed by atoms with E-state index in [0.717, 1.165) is 4.88 Å². The lowest BCUT2D eigenvalue weighted by Crippen LogP contribution is -2.50. The number of carbonyl (C=O) groups is 2. The third-order valence-corrected chi connectivity index (χ3v) is 4.63. The monoisotopic (exact) mass is 296 g/mol. The average Bonchev–Trinajstić information content (AvgIpc) is 2.90. The number of likely N-dealkylation sites (tertiary alicyclic amines) is 1. The van der Waals surface area contributed by atoms with E-state index in [4.69, 9.17) is 5.11 Å². The van der Waals surface area contributed by atoms with Gasteiger partial charge < -0.3 is 14.9 Å². The Bertz CT molecular complexity index is 475. The molecule has 1 aromatic rings. The van der Waals surface area contributed by atoms with Crippen molar-refractivity contribution in [1.29, 1.82) is 0 Å². The number of hydrogen-bond donors (Lipinski definition) is 1. The van der Waals surface area contributed by atoms with Crippen LogP contribution in [0.3, 0.4) is 0 Å². The first-order valence-electron chi connectivity index (χ1n) is 6.76. The Morgan fingerprint density at radius 2 is 2.30 bits per heavy atom. The van der Waals surface area contributed by atoms with Crippen LogP contribution >= 0.6 is 11.3 Å². The van der Waals surface area contributed by atoms with Gasteiger partial charge >= 0.3 is 12.0 Å². The minimum atomic E-state index is -0.754. The molecule has 2 unspecified atom stereocenters. The van der Waals surface area contributed by atoms with Gasteiger partial charge in [-0.05, 0) is 31.2 Å². The van der Waals surface area contributed by atoms with Gasteiger partial charge in [0, 0.05) is 24.5 Å². The van der Waals surface area contributed by atoms with Crippen LogP contribution < -0.4 is 0 Å². The van der Waals surface area contributed by atoms with Crippen molar-refractivity contribution in [1.82, 2.24) is 9.80 Å². The summed E-state index contributed by atoms with van der Waals surface area (Å²) in [6.45, 7) is 3.04. The van der Waals surface area contributed by atoms with E-state index >= 15 is 0 Å². The lowest BCUT2D eigenvalue weighted by Gasteiger charge is -2.38. The van der Waals surface area contributed by atoms with E-state index in [1.807, 2.05) is 24.4 Å². The molecule has 2 atom stereocenters. The second-order valence-corrected chi connectivity index (χ2v) is 6.35. The zero-order chi connectivity index (χ0) is 14.7. The molecule has 0 spiro atoms. The molecule has 1 aliphatic heterocycles. The topological polar surface area (TPSA) is 60.9 Å². The molecule has 0 saturated carbocycles. The van der Waals surface area contributed by atoms with Gasteiger partial charge in [0.1, 0.15) is 0 Å². The molecule has 1 saturated heterocycles. The third-order valence-electron chi connectivity index (χ3n) is 3.77. The number of thiophene rings is 1.